The lowest BCUT2D eigenvalue weighted by atomic mass is 10.1. The predicted octanol–water partition coefficient (Wildman–Crippen LogP) is 3.65. The maximum absolute atomic E-state index is 9.29. The van der Waals surface area contributed by atoms with Crippen molar-refractivity contribution in [3.8, 4) is 10.4 Å². The van der Waals surface area contributed by atoms with E-state index in [1.165, 1.54) is 0 Å². The second kappa shape index (κ2) is 3.90. The number of thiophene rings is 1. The Morgan fingerprint density at radius 3 is 2.50 bits per heavy atom. The van der Waals surface area contributed by atoms with Gasteiger partial charge in [-0.05, 0) is 29.2 Å². The molecule has 1 aromatic heterocycles. The van der Waals surface area contributed by atoms with E-state index in [0.717, 1.165) is 16.0 Å². The van der Waals surface area contributed by atoms with Crippen molar-refractivity contribution < 1.29 is 5.11 Å². The number of hydrogen-bond acceptors (Lipinski definition) is 2. The van der Waals surface area contributed by atoms with Crippen molar-refractivity contribution in [2.24, 2.45) is 0 Å². The van der Waals surface area contributed by atoms with Crippen LogP contribution in [0.3, 0.4) is 0 Å². The number of aliphatic hydroxyl groups is 1. The average Bonchev–Trinajstić information content (AvgIpc) is 2.67. The van der Waals surface area contributed by atoms with Crippen LogP contribution in [0, 0.1) is 0 Å². The summed E-state index contributed by atoms with van der Waals surface area (Å²) >= 11 is 6.35. The van der Waals surface area contributed by atoms with E-state index < -0.39 is 0 Å². The molecule has 0 aliphatic carbocycles. The van der Waals surface area contributed by atoms with Crippen LogP contribution >= 0.6 is 23.6 Å². The zero-order valence-electron chi connectivity index (χ0n) is 7.31. The second-order valence-corrected chi connectivity index (χ2v) is 4.14. The van der Waals surface area contributed by atoms with E-state index in [-0.39, 0.29) is 5.05 Å². The Hall–Kier alpha value is -1.19. The van der Waals surface area contributed by atoms with E-state index >= 15 is 0 Å². The molecule has 0 aliphatic heterocycles. The van der Waals surface area contributed by atoms with Crippen LogP contribution in [0.2, 0.25) is 0 Å². The largest absolute Gasteiger partial charge is 0.498 e. The van der Waals surface area contributed by atoms with Gasteiger partial charge in [0, 0.05) is 10.4 Å². The van der Waals surface area contributed by atoms with Gasteiger partial charge in [-0.3, -0.25) is 0 Å². The standard InChI is InChI=1S/C11H8OS2/c12-11(13)9-6-7-14-10(9)8-4-2-1-3-5-8/h1-7H,(H,12,13). The van der Waals surface area contributed by atoms with Gasteiger partial charge in [0.2, 0.25) is 0 Å². The first-order valence-corrected chi connectivity index (χ1v) is 5.44. The van der Waals surface area contributed by atoms with Crippen LogP contribution in [0.25, 0.3) is 10.4 Å². The maximum atomic E-state index is 9.29. The average molecular weight is 220 g/mol. The molecular weight excluding hydrogens is 212 g/mol. The number of thiocarbonyl (C=S) groups is 1. The highest BCUT2D eigenvalue weighted by atomic mass is 32.1. The van der Waals surface area contributed by atoms with Gasteiger partial charge in [-0.2, -0.15) is 0 Å². The molecule has 2 rings (SSSR count). The lowest BCUT2D eigenvalue weighted by Gasteiger charge is -2.00. The second-order valence-electron chi connectivity index (χ2n) is 2.83. The van der Waals surface area contributed by atoms with Crippen LogP contribution in [-0.4, -0.2) is 10.2 Å². The molecule has 70 valence electrons. The molecule has 2 aromatic rings. The van der Waals surface area contributed by atoms with Crippen LogP contribution in [0.4, 0.5) is 0 Å². The summed E-state index contributed by atoms with van der Waals surface area (Å²) in [7, 11) is 0. The van der Waals surface area contributed by atoms with Crippen molar-refractivity contribution in [2.75, 3.05) is 0 Å². The minimum absolute atomic E-state index is 0.0369. The van der Waals surface area contributed by atoms with Crippen molar-refractivity contribution in [1.82, 2.24) is 0 Å². The normalized spacial score (nSPS) is 10.0. The van der Waals surface area contributed by atoms with Gasteiger partial charge >= 0.3 is 0 Å². The number of hydrogen-bond donors (Lipinski definition) is 1. The van der Waals surface area contributed by atoms with Crippen LogP contribution < -0.4 is 0 Å². The summed E-state index contributed by atoms with van der Waals surface area (Å²) in [6, 6.07) is 11.8. The predicted molar refractivity (Wildman–Crippen MR) is 64.1 cm³/mol. The summed E-state index contributed by atoms with van der Waals surface area (Å²) in [6.07, 6.45) is 0. The molecule has 0 radical (unpaired) electrons. The van der Waals surface area contributed by atoms with Crippen molar-refractivity contribution >= 4 is 28.6 Å². The van der Waals surface area contributed by atoms with E-state index in [4.69, 9.17) is 12.2 Å². The molecule has 1 heterocycles. The lowest BCUT2D eigenvalue weighted by molar-refractivity contribution is 0.571. The quantitative estimate of drug-likeness (QED) is 0.780. The Kier molecular flexibility index (Phi) is 2.61. The third-order valence-electron chi connectivity index (χ3n) is 1.93. The number of rotatable bonds is 2. The van der Waals surface area contributed by atoms with Gasteiger partial charge in [-0.15, -0.1) is 11.3 Å². The van der Waals surface area contributed by atoms with E-state index in [1.807, 2.05) is 41.8 Å². The summed E-state index contributed by atoms with van der Waals surface area (Å²) in [5, 5.41) is 11.2. The van der Waals surface area contributed by atoms with Crippen molar-refractivity contribution in [1.29, 1.82) is 0 Å². The molecule has 0 saturated heterocycles. The first kappa shape index (κ1) is 9.37. The summed E-state index contributed by atoms with van der Waals surface area (Å²) in [5.41, 5.74) is 1.84. The number of benzene rings is 1. The van der Waals surface area contributed by atoms with E-state index in [0.29, 0.717) is 0 Å². The smallest absolute Gasteiger partial charge is 0.190 e. The maximum Gasteiger partial charge on any atom is 0.190 e. The Labute approximate surface area is 91.6 Å². The van der Waals surface area contributed by atoms with Gasteiger partial charge in [0.25, 0.3) is 0 Å². The number of aliphatic hydroxyl groups excluding tert-OH is 1. The Bertz CT molecular complexity index is 445. The molecule has 0 spiro atoms. The summed E-state index contributed by atoms with van der Waals surface area (Å²) < 4.78 is 0. The summed E-state index contributed by atoms with van der Waals surface area (Å²) in [5.74, 6) is 0. The molecular formula is C11H8OS2. The minimum atomic E-state index is -0.0369. The van der Waals surface area contributed by atoms with Crippen molar-refractivity contribution in [3.63, 3.8) is 0 Å². The van der Waals surface area contributed by atoms with Gasteiger partial charge in [0.1, 0.15) is 0 Å². The molecule has 0 atom stereocenters. The van der Waals surface area contributed by atoms with Crippen LogP contribution in [0.5, 0.6) is 0 Å². The van der Waals surface area contributed by atoms with Gasteiger partial charge in [0.05, 0.1) is 0 Å². The fourth-order valence-electron chi connectivity index (χ4n) is 1.29. The minimum Gasteiger partial charge on any atom is -0.498 e. The third-order valence-corrected chi connectivity index (χ3v) is 3.12. The zero-order valence-corrected chi connectivity index (χ0v) is 8.94. The van der Waals surface area contributed by atoms with E-state index in [9.17, 15) is 5.11 Å². The van der Waals surface area contributed by atoms with Gasteiger partial charge in [-0.1, -0.05) is 30.3 Å². The van der Waals surface area contributed by atoms with E-state index in [1.54, 1.807) is 11.3 Å². The first-order chi connectivity index (χ1) is 6.79. The van der Waals surface area contributed by atoms with Gasteiger partial charge in [-0.25, -0.2) is 0 Å². The summed E-state index contributed by atoms with van der Waals surface area (Å²) in [4.78, 5) is 1.03. The first-order valence-electron chi connectivity index (χ1n) is 4.15. The molecule has 1 N–H and O–H groups in total. The third kappa shape index (κ3) is 1.69. The van der Waals surface area contributed by atoms with Crippen molar-refractivity contribution in [3.05, 3.63) is 47.3 Å². The zero-order chi connectivity index (χ0) is 9.97. The molecule has 0 amide bonds. The molecule has 0 aliphatic rings. The van der Waals surface area contributed by atoms with Crippen LogP contribution in [0.1, 0.15) is 5.56 Å². The molecule has 0 saturated carbocycles. The molecule has 0 bridgehead atoms. The molecule has 0 fully saturated rings. The molecule has 0 unspecified atom stereocenters. The highest BCUT2D eigenvalue weighted by Crippen LogP contribution is 2.29. The van der Waals surface area contributed by atoms with Gasteiger partial charge < -0.3 is 5.11 Å². The molecule has 3 heteroatoms. The fraction of sp³-hybridized carbons (Fsp3) is 0. The topological polar surface area (TPSA) is 20.2 Å². The van der Waals surface area contributed by atoms with Crippen molar-refractivity contribution in [2.45, 2.75) is 0 Å². The molecule has 1 aromatic carbocycles. The SMILES string of the molecule is OC(=S)c1ccsc1-c1ccccc1. The monoisotopic (exact) mass is 220 g/mol. The highest BCUT2D eigenvalue weighted by molar-refractivity contribution is 7.80. The molecule has 1 nitrogen and oxygen atoms in total. The Balaban J connectivity index is 2.52. The van der Waals surface area contributed by atoms with Crippen LogP contribution in [-0.2, 0) is 0 Å². The Morgan fingerprint density at radius 1 is 1.14 bits per heavy atom. The van der Waals surface area contributed by atoms with Crippen LogP contribution in [0.15, 0.2) is 41.8 Å². The highest BCUT2D eigenvalue weighted by Gasteiger charge is 2.09. The fourth-order valence-corrected chi connectivity index (χ4v) is 2.43. The Morgan fingerprint density at radius 2 is 1.86 bits per heavy atom. The lowest BCUT2D eigenvalue weighted by Crippen LogP contribution is -1.93. The summed E-state index contributed by atoms with van der Waals surface area (Å²) in [6.45, 7) is 0. The van der Waals surface area contributed by atoms with E-state index in [2.05, 4.69) is 0 Å². The van der Waals surface area contributed by atoms with Gasteiger partial charge in [0.15, 0.2) is 5.05 Å². The molecule has 14 heavy (non-hydrogen) atoms.